The van der Waals surface area contributed by atoms with Crippen molar-refractivity contribution in [3.8, 4) is 0 Å². The zero-order valence-electron chi connectivity index (χ0n) is 14.8. The summed E-state index contributed by atoms with van der Waals surface area (Å²) in [6, 6.07) is 0.347. The molecule has 6 nitrogen and oxygen atoms in total. The lowest BCUT2D eigenvalue weighted by Crippen LogP contribution is -2.39. The summed E-state index contributed by atoms with van der Waals surface area (Å²) >= 11 is 0. The molecule has 1 spiro atoms. The topological polar surface area (TPSA) is 78.1 Å². The highest BCUT2D eigenvalue weighted by molar-refractivity contribution is 5.78. The van der Waals surface area contributed by atoms with E-state index >= 15 is 0 Å². The number of ether oxygens (including phenoxy) is 3. The second-order valence-corrected chi connectivity index (χ2v) is 7.17. The van der Waals surface area contributed by atoms with Crippen molar-refractivity contribution in [2.24, 2.45) is 16.6 Å². The number of hydrogen-bond donors (Lipinski definition) is 2. The minimum atomic E-state index is -0.440. The molecule has 2 rings (SSSR count). The largest absolute Gasteiger partial charge is 0.381 e. The van der Waals surface area contributed by atoms with Crippen LogP contribution in [0.1, 0.15) is 52.9 Å². The van der Waals surface area contributed by atoms with Crippen LogP contribution >= 0.6 is 0 Å². The molecule has 0 aliphatic carbocycles. The van der Waals surface area contributed by atoms with Crippen molar-refractivity contribution in [2.45, 2.75) is 70.8 Å². The standard InChI is InChI=1S/C17H33N3O3/c1-13(2)5-4-6-14(3)20-16(18)19-11-15-12-22-17(23-15)7-9-21-10-8-17/h13-15H,4-12H2,1-3H3,(H3,18,19,20). The number of nitrogens with zero attached hydrogens (tertiary/aromatic N) is 1. The van der Waals surface area contributed by atoms with E-state index in [0.29, 0.717) is 38.4 Å². The van der Waals surface area contributed by atoms with Gasteiger partial charge in [-0.05, 0) is 19.3 Å². The third-order valence-corrected chi connectivity index (χ3v) is 4.45. The third kappa shape index (κ3) is 6.28. The Labute approximate surface area is 140 Å². The molecule has 0 aromatic rings. The molecule has 2 heterocycles. The van der Waals surface area contributed by atoms with Crippen LogP contribution in [0.5, 0.6) is 0 Å². The lowest BCUT2D eigenvalue weighted by molar-refractivity contribution is -0.210. The van der Waals surface area contributed by atoms with E-state index in [0.717, 1.165) is 25.2 Å². The van der Waals surface area contributed by atoms with Crippen molar-refractivity contribution in [3.63, 3.8) is 0 Å². The Morgan fingerprint density at radius 2 is 2.00 bits per heavy atom. The maximum Gasteiger partial charge on any atom is 0.188 e. The van der Waals surface area contributed by atoms with Gasteiger partial charge in [0.25, 0.3) is 0 Å². The van der Waals surface area contributed by atoms with Gasteiger partial charge in [0.2, 0.25) is 0 Å². The number of nitrogens with two attached hydrogens (primary N) is 1. The number of guanidine groups is 1. The first kappa shape index (κ1) is 18.5. The number of nitrogens with one attached hydrogen (secondary N) is 1. The summed E-state index contributed by atoms with van der Waals surface area (Å²) in [5.41, 5.74) is 5.98. The van der Waals surface area contributed by atoms with Crippen LogP contribution < -0.4 is 11.1 Å². The second kappa shape index (κ2) is 8.85. The van der Waals surface area contributed by atoms with Gasteiger partial charge in [0.15, 0.2) is 11.7 Å². The van der Waals surface area contributed by atoms with Crippen LogP contribution in [0.2, 0.25) is 0 Å². The summed E-state index contributed by atoms with van der Waals surface area (Å²) in [4.78, 5) is 4.41. The van der Waals surface area contributed by atoms with E-state index in [4.69, 9.17) is 19.9 Å². The molecule has 2 atom stereocenters. The van der Waals surface area contributed by atoms with E-state index in [1.165, 1.54) is 12.8 Å². The van der Waals surface area contributed by atoms with E-state index in [9.17, 15) is 0 Å². The molecule has 6 heteroatoms. The minimum absolute atomic E-state index is 0.00954. The van der Waals surface area contributed by atoms with E-state index in [1.54, 1.807) is 0 Å². The average Bonchev–Trinajstić information content (AvgIpc) is 2.88. The Morgan fingerprint density at radius 3 is 2.70 bits per heavy atom. The monoisotopic (exact) mass is 327 g/mol. The van der Waals surface area contributed by atoms with Gasteiger partial charge < -0.3 is 25.3 Å². The second-order valence-electron chi connectivity index (χ2n) is 7.17. The van der Waals surface area contributed by atoms with Gasteiger partial charge in [0.05, 0.1) is 26.4 Å². The fourth-order valence-electron chi connectivity index (χ4n) is 3.05. The van der Waals surface area contributed by atoms with Gasteiger partial charge in [-0.25, -0.2) is 0 Å². The van der Waals surface area contributed by atoms with Crippen molar-refractivity contribution in [2.75, 3.05) is 26.4 Å². The molecule has 2 aliphatic rings. The maximum atomic E-state index is 6.04. The lowest BCUT2D eigenvalue weighted by Gasteiger charge is -2.31. The van der Waals surface area contributed by atoms with Crippen LogP contribution in [0.4, 0.5) is 0 Å². The third-order valence-electron chi connectivity index (χ3n) is 4.45. The molecule has 2 aliphatic heterocycles. The summed E-state index contributed by atoms with van der Waals surface area (Å²) in [6.07, 6.45) is 5.16. The maximum absolute atomic E-state index is 6.04. The summed E-state index contributed by atoms with van der Waals surface area (Å²) in [5, 5.41) is 3.26. The van der Waals surface area contributed by atoms with Crippen molar-refractivity contribution in [3.05, 3.63) is 0 Å². The number of rotatable bonds is 7. The molecule has 2 fully saturated rings. The van der Waals surface area contributed by atoms with Crippen LogP contribution in [-0.2, 0) is 14.2 Å². The van der Waals surface area contributed by atoms with Gasteiger partial charge in [0.1, 0.15) is 6.10 Å². The fraction of sp³-hybridized carbons (Fsp3) is 0.941. The molecule has 134 valence electrons. The molecule has 2 unspecified atom stereocenters. The Hall–Kier alpha value is -0.850. The molecule has 0 bridgehead atoms. The Balaban J connectivity index is 1.66. The van der Waals surface area contributed by atoms with E-state index in [-0.39, 0.29) is 6.10 Å². The smallest absolute Gasteiger partial charge is 0.188 e. The molecule has 0 saturated carbocycles. The highest BCUT2D eigenvalue weighted by atomic mass is 16.7. The summed E-state index contributed by atoms with van der Waals surface area (Å²) in [6.45, 7) is 9.18. The highest BCUT2D eigenvalue weighted by Gasteiger charge is 2.42. The van der Waals surface area contributed by atoms with Crippen LogP contribution in [0, 0.1) is 5.92 Å². The van der Waals surface area contributed by atoms with Crippen molar-refractivity contribution < 1.29 is 14.2 Å². The Kier molecular flexibility index (Phi) is 7.11. The molecule has 3 N–H and O–H groups in total. The molecule has 0 aromatic heterocycles. The van der Waals surface area contributed by atoms with Crippen LogP contribution in [0.15, 0.2) is 4.99 Å². The highest BCUT2D eigenvalue weighted by Crippen LogP contribution is 2.33. The van der Waals surface area contributed by atoms with Crippen LogP contribution in [-0.4, -0.2) is 50.3 Å². The summed E-state index contributed by atoms with van der Waals surface area (Å²) < 4.78 is 17.3. The van der Waals surface area contributed by atoms with Crippen molar-refractivity contribution >= 4 is 5.96 Å². The summed E-state index contributed by atoms with van der Waals surface area (Å²) in [5.74, 6) is 0.814. The van der Waals surface area contributed by atoms with Gasteiger partial charge in [-0.3, -0.25) is 4.99 Å². The molecular formula is C17H33N3O3. The zero-order chi connectivity index (χ0) is 16.7. The molecule has 23 heavy (non-hydrogen) atoms. The lowest BCUT2D eigenvalue weighted by atomic mass is 10.0. The molecular weight excluding hydrogens is 294 g/mol. The van der Waals surface area contributed by atoms with Gasteiger partial charge >= 0.3 is 0 Å². The zero-order valence-corrected chi connectivity index (χ0v) is 14.8. The van der Waals surface area contributed by atoms with Gasteiger partial charge in [0, 0.05) is 18.9 Å². The minimum Gasteiger partial charge on any atom is -0.381 e. The van der Waals surface area contributed by atoms with Crippen molar-refractivity contribution in [1.82, 2.24) is 5.32 Å². The van der Waals surface area contributed by atoms with E-state index in [2.05, 4.69) is 31.1 Å². The first-order valence-electron chi connectivity index (χ1n) is 8.95. The predicted molar refractivity (Wildman–Crippen MR) is 91.4 cm³/mol. The Morgan fingerprint density at radius 1 is 1.26 bits per heavy atom. The Bertz CT molecular complexity index is 381. The average molecular weight is 327 g/mol. The first-order chi connectivity index (χ1) is 11.0. The molecule has 2 saturated heterocycles. The number of aliphatic imine (C=N–C) groups is 1. The quantitative estimate of drug-likeness (QED) is 0.552. The van der Waals surface area contributed by atoms with Crippen LogP contribution in [0.25, 0.3) is 0 Å². The van der Waals surface area contributed by atoms with Gasteiger partial charge in [-0.2, -0.15) is 0 Å². The molecule has 0 aromatic carbocycles. The van der Waals surface area contributed by atoms with Gasteiger partial charge in [-0.1, -0.05) is 26.7 Å². The summed E-state index contributed by atoms with van der Waals surface area (Å²) in [7, 11) is 0. The first-order valence-corrected chi connectivity index (χ1v) is 8.95. The number of hydrogen-bond acceptors (Lipinski definition) is 4. The molecule has 0 radical (unpaired) electrons. The normalized spacial score (nSPS) is 25.9. The van der Waals surface area contributed by atoms with Gasteiger partial charge in [-0.15, -0.1) is 0 Å². The van der Waals surface area contributed by atoms with E-state index < -0.39 is 5.79 Å². The van der Waals surface area contributed by atoms with Crippen molar-refractivity contribution in [1.29, 1.82) is 0 Å². The predicted octanol–water partition coefficient (Wildman–Crippen LogP) is 2.03. The SMILES string of the molecule is CC(C)CCCC(C)NC(N)=NCC1COC2(CCOCC2)O1. The van der Waals surface area contributed by atoms with Crippen LogP contribution in [0.3, 0.4) is 0 Å². The van der Waals surface area contributed by atoms with E-state index in [1.807, 2.05) is 0 Å². The molecule has 0 amide bonds. The fourth-order valence-corrected chi connectivity index (χ4v) is 3.05.